The van der Waals surface area contributed by atoms with Gasteiger partial charge in [-0.1, -0.05) is 0 Å². The summed E-state index contributed by atoms with van der Waals surface area (Å²) in [6.07, 6.45) is 1.60. The number of hydrogen-bond acceptors (Lipinski definition) is 3. The van der Waals surface area contributed by atoms with Crippen molar-refractivity contribution in [3.8, 4) is 6.07 Å². The first-order valence-corrected chi connectivity index (χ1v) is 5.64. The summed E-state index contributed by atoms with van der Waals surface area (Å²) in [4.78, 5) is 5.92. The van der Waals surface area contributed by atoms with Crippen LogP contribution in [0.25, 0.3) is 0 Å². The highest BCUT2D eigenvalue weighted by molar-refractivity contribution is 5.63. The molecule has 0 aliphatic carbocycles. The molecule has 0 spiro atoms. The average Bonchev–Trinajstić information content (AvgIpc) is 2.42. The fraction of sp³-hybridized carbons (Fsp3) is 0.143. The maximum atomic E-state index is 12.9. The Bertz CT molecular complexity index is 572. The Morgan fingerprint density at radius 1 is 1.22 bits per heavy atom. The van der Waals surface area contributed by atoms with Gasteiger partial charge in [-0.05, 0) is 43.3 Å². The van der Waals surface area contributed by atoms with Crippen LogP contribution < -0.4 is 4.90 Å². The summed E-state index contributed by atoms with van der Waals surface area (Å²) in [7, 11) is 0. The Morgan fingerprint density at radius 3 is 2.56 bits per heavy atom. The molecule has 2 aromatic rings. The van der Waals surface area contributed by atoms with E-state index in [1.54, 1.807) is 24.4 Å². The van der Waals surface area contributed by atoms with Gasteiger partial charge in [-0.2, -0.15) is 5.26 Å². The van der Waals surface area contributed by atoms with Crippen molar-refractivity contribution >= 4 is 11.4 Å². The second-order valence-corrected chi connectivity index (χ2v) is 3.73. The lowest BCUT2D eigenvalue weighted by molar-refractivity contribution is 0.628. The summed E-state index contributed by atoms with van der Waals surface area (Å²) < 4.78 is 12.9. The lowest BCUT2D eigenvalue weighted by atomic mass is 10.2. The summed E-state index contributed by atoms with van der Waals surface area (Å²) >= 11 is 0. The first-order valence-electron chi connectivity index (χ1n) is 5.64. The van der Waals surface area contributed by atoms with Crippen LogP contribution in [0.4, 0.5) is 15.8 Å². The Labute approximate surface area is 105 Å². The zero-order valence-corrected chi connectivity index (χ0v) is 9.97. The van der Waals surface area contributed by atoms with E-state index in [0.717, 1.165) is 17.9 Å². The number of rotatable bonds is 3. The van der Waals surface area contributed by atoms with Crippen LogP contribution in [0.1, 0.15) is 12.6 Å². The Kier molecular flexibility index (Phi) is 3.54. The minimum atomic E-state index is -0.262. The van der Waals surface area contributed by atoms with Crippen LogP contribution in [-0.4, -0.2) is 11.5 Å². The molecule has 1 aromatic carbocycles. The number of hydrogen-bond donors (Lipinski definition) is 0. The Morgan fingerprint density at radius 2 is 1.94 bits per heavy atom. The highest BCUT2D eigenvalue weighted by Crippen LogP contribution is 2.25. The molecular weight excluding hydrogens is 229 g/mol. The van der Waals surface area contributed by atoms with Crippen molar-refractivity contribution in [3.05, 3.63) is 54.1 Å². The van der Waals surface area contributed by atoms with Gasteiger partial charge in [0.25, 0.3) is 0 Å². The molecule has 90 valence electrons. The molecule has 0 saturated carbocycles. The summed E-state index contributed by atoms with van der Waals surface area (Å²) in [6, 6.07) is 11.8. The zero-order chi connectivity index (χ0) is 13.0. The van der Waals surface area contributed by atoms with Crippen LogP contribution in [0, 0.1) is 17.1 Å². The standard InChI is InChI=1S/C14H12FN3/c1-2-18(13-5-3-11(15)4-6-13)14-7-8-17-12(9-14)10-16/h3-9H,2H2,1H3. The predicted molar refractivity (Wildman–Crippen MR) is 68.0 cm³/mol. The monoisotopic (exact) mass is 241 g/mol. The molecule has 1 heterocycles. The normalized spacial score (nSPS) is 9.83. The maximum absolute atomic E-state index is 12.9. The third-order valence-electron chi connectivity index (χ3n) is 2.62. The molecule has 18 heavy (non-hydrogen) atoms. The van der Waals surface area contributed by atoms with Crippen molar-refractivity contribution in [2.24, 2.45) is 0 Å². The van der Waals surface area contributed by atoms with E-state index < -0.39 is 0 Å². The molecule has 0 aliphatic rings. The van der Waals surface area contributed by atoms with Crippen LogP contribution in [0.3, 0.4) is 0 Å². The molecule has 0 unspecified atom stereocenters. The number of nitrogens with zero attached hydrogens (tertiary/aromatic N) is 3. The van der Waals surface area contributed by atoms with E-state index in [4.69, 9.17) is 5.26 Å². The molecule has 0 aliphatic heterocycles. The topological polar surface area (TPSA) is 39.9 Å². The number of aromatic nitrogens is 1. The number of anilines is 2. The first-order chi connectivity index (χ1) is 8.74. The van der Waals surface area contributed by atoms with E-state index >= 15 is 0 Å². The average molecular weight is 241 g/mol. The van der Waals surface area contributed by atoms with E-state index in [-0.39, 0.29) is 5.82 Å². The molecule has 0 bridgehead atoms. The van der Waals surface area contributed by atoms with Gasteiger partial charge in [-0.25, -0.2) is 9.37 Å². The van der Waals surface area contributed by atoms with E-state index in [0.29, 0.717) is 5.69 Å². The quantitative estimate of drug-likeness (QED) is 0.828. The minimum absolute atomic E-state index is 0.262. The molecule has 0 atom stereocenters. The molecule has 0 fully saturated rings. The second kappa shape index (κ2) is 5.28. The molecule has 1 aromatic heterocycles. The highest BCUT2D eigenvalue weighted by Gasteiger charge is 2.08. The van der Waals surface area contributed by atoms with Gasteiger partial charge in [0.15, 0.2) is 0 Å². The smallest absolute Gasteiger partial charge is 0.142 e. The van der Waals surface area contributed by atoms with Crippen molar-refractivity contribution in [2.75, 3.05) is 11.4 Å². The Hall–Kier alpha value is -2.41. The van der Waals surface area contributed by atoms with Crippen molar-refractivity contribution in [2.45, 2.75) is 6.92 Å². The van der Waals surface area contributed by atoms with Crippen LogP contribution >= 0.6 is 0 Å². The van der Waals surface area contributed by atoms with E-state index in [2.05, 4.69) is 4.98 Å². The molecule has 0 radical (unpaired) electrons. The van der Waals surface area contributed by atoms with E-state index in [1.165, 1.54) is 12.1 Å². The Balaban J connectivity index is 2.39. The van der Waals surface area contributed by atoms with E-state index in [9.17, 15) is 4.39 Å². The summed E-state index contributed by atoms with van der Waals surface area (Å²) in [5, 5.41) is 8.84. The maximum Gasteiger partial charge on any atom is 0.142 e. The molecule has 2 rings (SSSR count). The molecule has 0 N–H and O–H groups in total. The number of nitriles is 1. The first kappa shape index (κ1) is 12.1. The van der Waals surface area contributed by atoms with Gasteiger partial charge in [0, 0.05) is 24.1 Å². The van der Waals surface area contributed by atoms with Crippen LogP contribution in [0.2, 0.25) is 0 Å². The van der Waals surface area contributed by atoms with Gasteiger partial charge in [0.1, 0.15) is 17.6 Å². The van der Waals surface area contributed by atoms with E-state index in [1.807, 2.05) is 24.0 Å². The van der Waals surface area contributed by atoms with Gasteiger partial charge in [0.2, 0.25) is 0 Å². The number of benzene rings is 1. The van der Waals surface area contributed by atoms with Crippen LogP contribution in [-0.2, 0) is 0 Å². The minimum Gasteiger partial charge on any atom is -0.342 e. The van der Waals surface area contributed by atoms with Crippen molar-refractivity contribution in [3.63, 3.8) is 0 Å². The molecule has 0 amide bonds. The third kappa shape index (κ3) is 2.46. The summed E-state index contributed by atoms with van der Waals surface area (Å²) in [5.41, 5.74) is 2.12. The number of pyridine rings is 1. The zero-order valence-electron chi connectivity index (χ0n) is 9.97. The molecule has 3 nitrogen and oxygen atoms in total. The second-order valence-electron chi connectivity index (χ2n) is 3.73. The van der Waals surface area contributed by atoms with Crippen LogP contribution in [0.5, 0.6) is 0 Å². The lowest BCUT2D eigenvalue weighted by Crippen LogP contribution is -2.16. The predicted octanol–water partition coefficient (Wildman–Crippen LogP) is 3.25. The SMILES string of the molecule is CCN(c1ccc(F)cc1)c1ccnc(C#N)c1. The molecule has 0 saturated heterocycles. The van der Waals surface area contributed by atoms with Gasteiger partial charge in [-0.3, -0.25) is 0 Å². The van der Waals surface area contributed by atoms with Gasteiger partial charge < -0.3 is 4.90 Å². The third-order valence-corrected chi connectivity index (χ3v) is 2.62. The number of halogens is 1. The van der Waals surface area contributed by atoms with Gasteiger partial charge >= 0.3 is 0 Å². The highest BCUT2D eigenvalue weighted by atomic mass is 19.1. The van der Waals surface area contributed by atoms with Crippen LogP contribution in [0.15, 0.2) is 42.6 Å². The summed E-state index contributed by atoms with van der Waals surface area (Å²) in [5.74, 6) is -0.262. The lowest BCUT2D eigenvalue weighted by Gasteiger charge is -2.23. The van der Waals surface area contributed by atoms with Crippen molar-refractivity contribution in [1.82, 2.24) is 4.98 Å². The molecular formula is C14H12FN3. The van der Waals surface area contributed by atoms with Gasteiger partial charge in [0.05, 0.1) is 0 Å². The fourth-order valence-corrected chi connectivity index (χ4v) is 1.78. The van der Waals surface area contributed by atoms with Gasteiger partial charge in [-0.15, -0.1) is 0 Å². The molecule has 4 heteroatoms. The largest absolute Gasteiger partial charge is 0.342 e. The fourth-order valence-electron chi connectivity index (χ4n) is 1.78. The van der Waals surface area contributed by atoms with Crippen molar-refractivity contribution in [1.29, 1.82) is 5.26 Å². The van der Waals surface area contributed by atoms with Crippen molar-refractivity contribution < 1.29 is 4.39 Å². The summed E-state index contributed by atoms with van der Waals surface area (Å²) in [6.45, 7) is 2.72.